The van der Waals surface area contributed by atoms with Crippen LogP contribution >= 0.6 is 0 Å². The Morgan fingerprint density at radius 2 is 1.73 bits per heavy atom. The molecule has 1 atom stereocenters. The summed E-state index contributed by atoms with van der Waals surface area (Å²) in [6, 6.07) is 1.43. The van der Waals surface area contributed by atoms with Crippen LogP contribution in [0.25, 0.3) is 0 Å². The Kier molecular flexibility index (Phi) is 10.6. The molecule has 0 aliphatic rings. The molecule has 0 saturated carbocycles. The average molecular weight is 234 g/mol. The fourth-order valence-electron chi connectivity index (χ4n) is 1.49. The largest absolute Gasteiger partial charge is 0.357 e. The highest BCUT2D eigenvalue weighted by molar-refractivity contribution is 6.36. The van der Waals surface area contributed by atoms with E-state index in [1.54, 1.807) is 0 Å². The Morgan fingerprint density at radius 1 is 1.13 bits per heavy atom. The fourth-order valence-corrected chi connectivity index (χ4v) is 3.39. The van der Waals surface area contributed by atoms with Crippen molar-refractivity contribution in [1.82, 2.24) is 0 Å². The van der Waals surface area contributed by atoms with Gasteiger partial charge in [-0.25, -0.2) is 0 Å². The second kappa shape index (κ2) is 10.6. The van der Waals surface area contributed by atoms with E-state index < -0.39 is 0 Å². The maximum atomic E-state index is 5.88. The third-order valence-electron chi connectivity index (χ3n) is 2.26. The molecule has 0 aromatic carbocycles. The molecule has 0 fully saturated rings. The molecule has 0 bridgehead atoms. The van der Waals surface area contributed by atoms with Gasteiger partial charge < -0.3 is 20.9 Å². The lowest BCUT2D eigenvalue weighted by atomic mass is 10.2. The van der Waals surface area contributed by atoms with Crippen molar-refractivity contribution in [1.29, 1.82) is 0 Å². The van der Waals surface area contributed by atoms with E-state index in [0.29, 0.717) is 6.54 Å². The molecule has 0 amide bonds. The zero-order valence-electron chi connectivity index (χ0n) is 10.1. The second-order valence-corrected chi connectivity index (χ2v) is 5.56. The molecule has 1 unspecified atom stereocenters. The van der Waals surface area contributed by atoms with Crippen molar-refractivity contribution in [2.24, 2.45) is 11.5 Å². The summed E-state index contributed by atoms with van der Waals surface area (Å²) < 4.78 is 11.0. The van der Waals surface area contributed by atoms with Gasteiger partial charge in [0.25, 0.3) is 0 Å². The molecule has 0 heterocycles. The number of nitrogens with two attached hydrogens (primary N) is 2. The fraction of sp³-hybridized carbons (Fsp3) is 1.00. The quantitative estimate of drug-likeness (QED) is 0.412. The number of ether oxygens (including phenoxy) is 2. The van der Waals surface area contributed by atoms with Crippen LogP contribution in [0.2, 0.25) is 6.04 Å². The van der Waals surface area contributed by atoms with Gasteiger partial charge in [-0.05, 0) is 33.2 Å². The maximum Gasteiger partial charge on any atom is 0.134 e. The normalized spacial score (nSPS) is 14.2. The van der Waals surface area contributed by atoms with Crippen LogP contribution in [-0.4, -0.2) is 41.2 Å². The zero-order chi connectivity index (χ0) is 11.5. The van der Waals surface area contributed by atoms with Crippen molar-refractivity contribution < 1.29 is 9.47 Å². The van der Waals surface area contributed by atoms with E-state index >= 15 is 0 Å². The molecular weight excluding hydrogens is 208 g/mol. The van der Waals surface area contributed by atoms with Gasteiger partial charge in [-0.2, -0.15) is 0 Å². The van der Waals surface area contributed by atoms with Gasteiger partial charge in [0.05, 0.1) is 9.52 Å². The minimum absolute atomic E-state index is 0.0741. The van der Waals surface area contributed by atoms with Gasteiger partial charge in [0.2, 0.25) is 0 Å². The molecule has 4 nitrogen and oxygen atoms in total. The molecule has 0 saturated heterocycles. The first-order chi connectivity index (χ1) is 7.24. The molecule has 0 spiro atoms. The Bertz CT molecular complexity index is 133. The van der Waals surface area contributed by atoms with Crippen molar-refractivity contribution in [3.05, 3.63) is 0 Å². The van der Waals surface area contributed by atoms with Gasteiger partial charge in [-0.3, -0.25) is 0 Å². The zero-order valence-corrected chi connectivity index (χ0v) is 11.5. The Balaban J connectivity index is 3.51. The van der Waals surface area contributed by atoms with Crippen molar-refractivity contribution in [3.63, 3.8) is 0 Å². The molecule has 0 radical (unpaired) electrons. The summed E-state index contributed by atoms with van der Waals surface area (Å²) in [5.74, 6) is 0.0741. The summed E-state index contributed by atoms with van der Waals surface area (Å²) >= 11 is 0. The van der Waals surface area contributed by atoms with Gasteiger partial charge in [0.15, 0.2) is 0 Å². The highest BCUT2D eigenvalue weighted by Gasteiger charge is 2.09. The topological polar surface area (TPSA) is 70.5 Å². The Hall–Kier alpha value is 0.0569. The summed E-state index contributed by atoms with van der Waals surface area (Å²) in [5.41, 5.74) is 11.3. The first-order valence-electron chi connectivity index (χ1n) is 5.93. The predicted molar refractivity (Wildman–Crippen MR) is 66.7 cm³/mol. The lowest BCUT2D eigenvalue weighted by Gasteiger charge is -2.17. The lowest BCUT2D eigenvalue weighted by molar-refractivity contribution is -0.0827. The molecule has 0 rings (SSSR count). The summed E-state index contributed by atoms with van der Waals surface area (Å²) in [6.07, 6.45) is 1.97. The van der Waals surface area contributed by atoms with Gasteiger partial charge in [-0.1, -0.05) is 6.04 Å². The van der Waals surface area contributed by atoms with Crippen LogP contribution in [0.3, 0.4) is 0 Å². The van der Waals surface area contributed by atoms with E-state index in [2.05, 4.69) is 0 Å². The third kappa shape index (κ3) is 9.01. The molecule has 4 N–H and O–H groups in total. The monoisotopic (exact) mass is 234 g/mol. The van der Waals surface area contributed by atoms with E-state index in [4.69, 9.17) is 20.9 Å². The van der Waals surface area contributed by atoms with Crippen LogP contribution in [0.5, 0.6) is 0 Å². The first-order valence-corrected chi connectivity index (χ1v) is 7.75. The molecule has 0 aliphatic heterocycles. The highest BCUT2D eigenvalue weighted by atomic mass is 28.2. The van der Waals surface area contributed by atoms with Crippen molar-refractivity contribution in [2.75, 3.05) is 19.8 Å². The van der Waals surface area contributed by atoms with Gasteiger partial charge >= 0.3 is 0 Å². The molecule has 5 heteroatoms. The average Bonchev–Trinajstić information content (AvgIpc) is 2.19. The minimum Gasteiger partial charge on any atom is -0.357 e. The number of hydrogen-bond acceptors (Lipinski definition) is 4. The van der Waals surface area contributed by atoms with Crippen molar-refractivity contribution in [2.45, 2.75) is 44.7 Å². The Labute approximate surface area is 95.5 Å². The third-order valence-corrected chi connectivity index (χ3v) is 4.02. The van der Waals surface area contributed by atoms with E-state index in [0.717, 1.165) is 26.1 Å². The van der Waals surface area contributed by atoms with Crippen LogP contribution in [-0.2, 0) is 9.47 Å². The minimum atomic E-state index is -0.322. The molecule has 0 aromatic rings. The smallest absolute Gasteiger partial charge is 0.134 e. The number of rotatable bonds is 10. The van der Waals surface area contributed by atoms with Crippen LogP contribution < -0.4 is 11.5 Å². The molecule has 92 valence electrons. The predicted octanol–water partition coefficient (Wildman–Crippen LogP) is -0.00370. The molecule has 15 heavy (non-hydrogen) atoms. The second-order valence-electron chi connectivity index (χ2n) is 3.61. The summed E-state index contributed by atoms with van der Waals surface area (Å²) in [6.45, 7) is 6.14. The van der Waals surface area contributed by atoms with E-state index in [1.165, 1.54) is 6.04 Å². The standard InChI is InChI=1S/C10H26N2O2Si/c1-3-13-10(14-4-2)15-8-6-9(12)5-7-11/h9-10H,3-8,11-12,15H2,1-2H3. The van der Waals surface area contributed by atoms with E-state index in [9.17, 15) is 0 Å². The van der Waals surface area contributed by atoms with Crippen LogP contribution in [0.15, 0.2) is 0 Å². The molecule has 0 aliphatic carbocycles. The van der Waals surface area contributed by atoms with Gasteiger partial charge in [-0.15, -0.1) is 0 Å². The van der Waals surface area contributed by atoms with Crippen molar-refractivity contribution in [3.8, 4) is 0 Å². The highest BCUT2D eigenvalue weighted by Crippen LogP contribution is 2.02. The number of hydrogen-bond donors (Lipinski definition) is 2. The van der Waals surface area contributed by atoms with Gasteiger partial charge in [0, 0.05) is 19.3 Å². The van der Waals surface area contributed by atoms with Crippen LogP contribution in [0, 0.1) is 0 Å². The molecule has 0 aromatic heterocycles. The summed E-state index contributed by atoms with van der Waals surface area (Å²) in [7, 11) is -0.322. The van der Waals surface area contributed by atoms with E-state index in [1.807, 2.05) is 13.8 Å². The summed E-state index contributed by atoms with van der Waals surface area (Å²) in [4.78, 5) is 0. The van der Waals surface area contributed by atoms with Gasteiger partial charge in [0.1, 0.15) is 5.91 Å². The first kappa shape index (κ1) is 15.1. The van der Waals surface area contributed by atoms with Crippen LogP contribution in [0.4, 0.5) is 0 Å². The lowest BCUT2D eigenvalue weighted by Crippen LogP contribution is -2.28. The van der Waals surface area contributed by atoms with Crippen LogP contribution in [0.1, 0.15) is 26.7 Å². The van der Waals surface area contributed by atoms with E-state index in [-0.39, 0.29) is 21.5 Å². The molecular formula is C10H26N2O2Si. The van der Waals surface area contributed by atoms with Crippen molar-refractivity contribution >= 4 is 9.52 Å². The SMILES string of the molecule is CCOC(OCC)[SiH2]CCC(N)CCN. The Morgan fingerprint density at radius 3 is 2.20 bits per heavy atom. The summed E-state index contributed by atoms with van der Waals surface area (Å²) in [5, 5.41) is 0. The maximum absolute atomic E-state index is 5.88.